The first-order chi connectivity index (χ1) is 15.3. The van der Waals surface area contributed by atoms with Gasteiger partial charge < -0.3 is 9.84 Å². The van der Waals surface area contributed by atoms with E-state index in [1.54, 1.807) is 5.38 Å². The lowest BCUT2D eigenvalue weighted by Gasteiger charge is -2.30. The standard InChI is InChI=1S/C20H20F2N4O4S2/c1-2-17-24-19(25-30-17)13-8-18(31-11-13)32(28,29)26-7-3-4-12(10-26)20(27)23-16-6-5-14(21)9-15(16)22/h5-6,8-9,11-12H,2-4,7,10H2,1H3,(H,23,27)/t12-/m0/s1. The second-order valence-electron chi connectivity index (χ2n) is 7.34. The van der Waals surface area contributed by atoms with E-state index in [1.807, 2.05) is 6.92 Å². The Balaban J connectivity index is 1.48. The molecule has 1 saturated heterocycles. The quantitative estimate of drug-likeness (QED) is 0.575. The summed E-state index contributed by atoms with van der Waals surface area (Å²) < 4.78 is 59.7. The molecule has 3 heterocycles. The number of nitrogens with zero attached hydrogens (tertiary/aromatic N) is 3. The molecule has 170 valence electrons. The third kappa shape index (κ3) is 4.57. The number of thiophene rings is 1. The van der Waals surface area contributed by atoms with Crippen LogP contribution in [0.5, 0.6) is 0 Å². The molecule has 12 heteroatoms. The Hall–Kier alpha value is -2.70. The number of aryl methyl sites for hydroxylation is 1. The highest BCUT2D eigenvalue weighted by Crippen LogP contribution is 2.31. The van der Waals surface area contributed by atoms with Gasteiger partial charge >= 0.3 is 0 Å². The van der Waals surface area contributed by atoms with Gasteiger partial charge in [-0.2, -0.15) is 9.29 Å². The zero-order chi connectivity index (χ0) is 22.9. The maximum Gasteiger partial charge on any atom is 0.252 e. The molecular weight excluding hydrogens is 462 g/mol. The minimum Gasteiger partial charge on any atom is -0.339 e. The molecule has 1 aliphatic heterocycles. The molecule has 1 N–H and O–H groups in total. The number of piperidine rings is 1. The molecule has 32 heavy (non-hydrogen) atoms. The fourth-order valence-corrected chi connectivity index (χ4v) is 6.25. The van der Waals surface area contributed by atoms with Crippen molar-refractivity contribution < 1.29 is 26.5 Å². The molecule has 2 aromatic heterocycles. The van der Waals surface area contributed by atoms with Gasteiger partial charge in [-0.25, -0.2) is 17.2 Å². The molecule has 4 rings (SSSR count). The average molecular weight is 483 g/mol. The van der Waals surface area contributed by atoms with E-state index in [-0.39, 0.29) is 23.0 Å². The molecular formula is C20H20F2N4O4S2. The third-order valence-electron chi connectivity index (χ3n) is 5.14. The summed E-state index contributed by atoms with van der Waals surface area (Å²) in [6, 6.07) is 4.34. The Bertz CT molecular complexity index is 1240. The van der Waals surface area contributed by atoms with Gasteiger partial charge in [0.15, 0.2) is 0 Å². The van der Waals surface area contributed by atoms with Crippen LogP contribution in [-0.2, 0) is 21.2 Å². The molecule has 0 bridgehead atoms. The Morgan fingerprint density at radius 3 is 2.88 bits per heavy atom. The van der Waals surface area contributed by atoms with Crippen LogP contribution in [0, 0.1) is 17.6 Å². The second-order valence-corrected chi connectivity index (χ2v) is 10.4. The zero-order valence-corrected chi connectivity index (χ0v) is 18.7. The number of anilines is 1. The lowest BCUT2D eigenvalue weighted by atomic mass is 9.98. The number of hydrogen-bond donors (Lipinski definition) is 1. The van der Waals surface area contributed by atoms with Gasteiger partial charge in [0.1, 0.15) is 15.8 Å². The van der Waals surface area contributed by atoms with Gasteiger partial charge in [0.05, 0.1) is 11.6 Å². The van der Waals surface area contributed by atoms with Gasteiger partial charge in [-0.05, 0) is 31.0 Å². The summed E-state index contributed by atoms with van der Waals surface area (Å²) in [6.45, 7) is 2.10. The molecule has 8 nitrogen and oxygen atoms in total. The van der Waals surface area contributed by atoms with Gasteiger partial charge in [-0.1, -0.05) is 12.1 Å². The van der Waals surface area contributed by atoms with Crippen LogP contribution in [0.3, 0.4) is 0 Å². The van der Waals surface area contributed by atoms with E-state index in [9.17, 15) is 22.0 Å². The fourth-order valence-electron chi connectivity index (χ4n) is 3.41. The summed E-state index contributed by atoms with van der Waals surface area (Å²) >= 11 is 1.04. The van der Waals surface area contributed by atoms with Crippen LogP contribution in [0.25, 0.3) is 11.4 Å². The van der Waals surface area contributed by atoms with Crippen molar-refractivity contribution in [3.63, 3.8) is 0 Å². The van der Waals surface area contributed by atoms with E-state index < -0.39 is 33.5 Å². The van der Waals surface area contributed by atoms with Gasteiger partial charge in [0, 0.05) is 36.5 Å². The van der Waals surface area contributed by atoms with Crippen molar-refractivity contribution in [2.75, 3.05) is 18.4 Å². The van der Waals surface area contributed by atoms with Crippen molar-refractivity contribution in [1.82, 2.24) is 14.4 Å². The van der Waals surface area contributed by atoms with Crippen molar-refractivity contribution in [3.05, 3.63) is 47.2 Å². The van der Waals surface area contributed by atoms with E-state index >= 15 is 0 Å². The second kappa shape index (κ2) is 9.04. The molecule has 1 aliphatic rings. The van der Waals surface area contributed by atoms with Crippen molar-refractivity contribution in [2.24, 2.45) is 5.92 Å². The number of nitrogens with one attached hydrogen (secondary N) is 1. The number of benzene rings is 1. The molecule has 0 radical (unpaired) electrons. The smallest absolute Gasteiger partial charge is 0.252 e. The Labute approximate surface area is 187 Å². The van der Waals surface area contributed by atoms with Gasteiger partial charge in [0.25, 0.3) is 10.0 Å². The Kier molecular flexibility index (Phi) is 6.35. The SMILES string of the molecule is CCc1nc(-c2csc(S(=O)(=O)N3CCC[C@H](C(=O)Nc4ccc(F)cc4F)C3)c2)no1. The molecule has 1 atom stereocenters. The number of hydrogen-bond acceptors (Lipinski definition) is 7. The zero-order valence-electron chi connectivity index (χ0n) is 17.0. The predicted octanol–water partition coefficient (Wildman–Crippen LogP) is 3.68. The molecule has 1 aromatic carbocycles. The molecule has 0 unspecified atom stereocenters. The van der Waals surface area contributed by atoms with Crippen molar-refractivity contribution >= 4 is 33.0 Å². The van der Waals surface area contributed by atoms with E-state index in [0.29, 0.717) is 42.6 Å². The third-order valence-corrected chi connectivity index (χ3v) is 8.42. The monoisotopic (exact) mass is 482 g/mol. The largest absolute Gasteiger partial charge is 0.339 e. The van der Waals surface area contributed by atoms with Crippen LogP contribution in [0.1, 0.15) is 25.7 Å². The Morgan fingerprint density at radius 2 is 2.16 bits per heavy atom. The number of carbonyl (C=O) groups is 1. The lowest BCUT2D eigenvalue weighted by molar-refractivity contribution is -0.120. The van der Waals surface area contributed by atoms with E-state index in [2.05, 4.69) is 15.5 Å². The molecule has 0 aliphatic carbocycles. The average Bonchev–Trinajstić information content (AvgIpc) is 3.45. The normalized spacial score (nSPS) is 17.4. The number of rotatable bonds is 6. The predicted molar refractivity (Wildman–Crippen MR) is 113 cm³/mol. The fraction of sp³-hybridized carbons (Fsp3) is 0.350. The maximum absolute atomic E-state index is 13.9. The van der Waals surface area contributed by atoms with Crippen LogP contribution >= 0.6 is 11.3 Å². The topological polar surface area (TPSA) is 105 Å². The summed E-state index contributed by atoms with van der Waals surface area (Å²) in [5.74, 6) is -2.04. The highest BCUT2D eigenvalue weighted by atomic mass is 32.2. The molecule has 1 fully saturated rings. The van der Waals surface area contributed by atoms with Crippen LogP contribution in [0.4, 0.5) is 14.5 Å². The Morgan fingerprint density at radius 1 is 1.34 bits per heavy atom. The summed E-state index contributed by atoms with van der Waals surface area (Å²) in [5, 5.41) is 7.93. The van der Waals surface area contributed by atoms with Gasteiger partial charge in [-0.3, -0.25) is 4.79 Å². The van der Waals surface area contributed by atoms with Crippen molar-refractivity contribution in [2.45, 2.75) is 30.4 Å². The van der Waals surface area contributed by atoms with E-state index in [4.69, 9.17) is 4.52 Å². The minimum atomic E-state index is -3.84. The van der Waals surface area contributed by atoms with Crippen LogP contribution in [0.2, 0.25) is 0 Å². The first kappa shape index (κ1) is 22.5. The summed E-state index contributed by atoms with van der Waals surface area (Å²) in [6.07, 6.45) is 1.51. The summed E-state index contributed by atoms with van der Waals surface area (Å²) in [4.78, 5) is 16.8. The first-order valence-corrected chi connectivity index (χ1v) is 12.3. The number of halogens is 2. The molecule has 3 aromatic rings. The van der Waals surface area contributed by atoms with Gasteiger partial charge in [0.2, 0.25) is 17.6 Å². The number of aromatic nitrogens is 2. The number of amides is 1. The lowest BCUT2D eigenvalue weighted by Crippen LogP contribution is -2.43. The van der Waals surface area contributed by atoms with Crippen molar-refractivity contribution in [1.29, 1.82) is 0 Å². The summed E-state index contributed by atoms with van der Waals surface area (Å²) in [5.41, 5.74) is 0.390. The molecule has 0 spiro atoms. The summed E-state index contributed by atoms with van der Waals surface area (Å²) in [7, 11) is -3.84. The van der Waals surface area contributed by atoms with E-state index in [0.717, 1.165) is 23.5 Å². The highest BCUT2D eigenvalue weighted by molar-refractivity contribution is 7.91. The molecule has 1 amide bonds. The van der Waals surface area contributed by atoms with E-state index in [1.165, 1.54) is 10.4 Å². The van der Waals surface area contributed by atoms with Crippen LogP contribution in [-0.4, -0.2) is 41.9 Å². The number of carbonyl (C=O) groups excluding carboxylic acids is 1. The van der Waals surface area contributed by atoms with Gasteiger partial charge in [-0.15, -0.1) is 11.3 Å². The molecule has 0 saturated carbocycles. The van der Waals surface area contributed by atoms with Crippen LogP contribution < -0.4 is 5.32 Å². The minimum absolute atomic E-state index is 0.0353. The van der Waals surface area contributed by atoms with Crippen molar-refractivity contribution in [3.8, 4) is 11.4 Å². The maximum atomic E-state index is 13.9. The highest BCUT2D eigenvalue weighted by Gasteiger charge is 2.34. The van der Waals surface area contributed by atoms with Crippen LogP contribution in [0.15, 0.2) is 38.4 Å². The number of sulfonamides is 1. The first-order valence-electron chi connectivity index (χ1n) is 9.95.